The molecule has 2 amide bonds. The van der Waals surface area contributed by atoms with Gasteiger partial charge in [-0.3, -0.25) is 14.5 Å². The van der Waals surface area contributed by atoms with Crippen molar-refractivity contribution in [1.29, 1.82) is 0 Å². The number of thioether (sulfide) groups is 1. The summed E-state index contributed by atoms with van der Waals surface area (Å²) in [6, 6.07) is 24.5. The lowest BCUT2D eigenvalue weighted by molar-refractivity contribution is -0.129. The van der Waals surface area contributed by atoms with Crippen LogP contribution >= 0.6 is 11.8 Å². The largest absolute Gasteiger partial charge is 0.497 e. The number of aliphatic imine (C=N–C) groups is 1. The molecule has 7 nitrogen and oxygen atoms in total. The van der Waals surface area contributed by atoms with E-state index in [0.29, 0.717) is 41.9 Å². The Balaban J connectivity index is 1.53. The average molecular weight is 504 g/mol. The first kappa shape index (κ1) is 25.3. The van der Waals surface area contributed by atoms with Crippen LogP contribution < -0.4 is 14.8 Å². The Hall–Kier alpha value is -3.78. The number of benzene rings is 3. The monoisotopic (exact) mass is 503 g/mol. The lowest BCUT2D eigenvalue weighted by Gasteiger charge is -2.32. The maximum absolute atomic E-state index is 13.2. The van der Waals surface area contributed by atoms with E-state index in [1.54, 1.807) is 36.3 Å². The quantitative estimate of drug-likeness (QED) is 0.429. The van der Waals surface area contributed by atoms with Gasteiger partial charge in [0.05, 0.1) is 19.4 Å². The van der Waals surface area contributed by atoms with E-state index in [1.807, 2.05) is 61.5 Å². The highest BCUT2D eigenvalue weighted by atomic mass is 32.2. The van der Waals surface area contributed by atoms with Gasteiger partial charge in [0.1, 0.15) is 16.7 Å². The van der Waals surface area contributed by atoms with Crippen molar-refractivity contribution in [1.82, 2.24) is 4.90 Å². The topological polar surface area (TPSA) is 80.2 Å². The Morgan fingerprint density at radius 3 is 2.39 bits per heavy atom. The molecule has 8 heteroatoms. The summed E-state index contributed by atoms with van der Waals surface area (Å²) in [5.74, 6) is 1.10. The van der Waals surface area contributed by atoms with Crippen LogP contribution in [0, 0.1) is 0 Å². The summed E-state index contributed by atoms with van der Waals surface area (Å²) in [5, 5.41) is 2.83. The van der Waals surface area contributed by atoms with Gasteiger partial charge in [-0.25, -0.2) is 4.99 Å². The van der Waals surface area contributed by atoms with E-state index < -0.39 is 5.25 Å². The van der Waals surface area contributed by atoms with Crippen LogP contribution in [0.25, 0.3) is 0 Å². The van der Waals surface area contributed by atoms with E-state index in [-0.39, 0.29) is 18.2 Å². The Kier molecular flexibility index (Phi) is 8.62. The number of methoxy groups -OCH3 is 1. The smallest absolute Gasteiger partial charge is 0.238 e. The first-order valence-corrected chi connectivity index (χ1v) is 12.7. The van der Waals surface area contributed by atoms with Gasteiger partial charge < -0.3 is 14.8 Å². The lowest BCUT2D eigenvalue weighted by Crippen LogP contribution is -2.46. The van der Waals surface area contributed by atoms with Gasteiger partial charge in [0.15, 0.2) is 5.17 Å². The molecule has 1 N–H and O–H groups in total. The van der Waals surface area contributed by atoms with Crippen LogP contribution in [0.1, 0.15) is 18.9 Å². The molecule has 4 rings (SSSR count). The molecule has 1 aliphatic heterocycles. The normalized spacial score (nSPS) is 16.6. The molecule has 3 aromatic rings. The van der Waals surface area contributed by atoms with Crippen LogP contribution in [0.5, 0.6) is 11.5 Å². The number of carbonyl (C=O) groups excluding carboxylic acids is 2. The van der Waals surface area contributed by atoms with E-state index in [0.717, 1.165) is 11.3 Å². The number of ether oxygens (including phenoxy) is 2. The van der Waals surface area contributed by atoms with Crippen LogP contribution in [0.3, 0.4) is 0 Å². The SMILES string of the molecule is CCOc1ccc(N=C2S[C@H](C(=O)Nc3ccc(OC)cc3)CC(=O)N2CCc2ccccc2)cc1. The average Bonchev–Trinajstić information content (AvgIpc) is 2.90. The fraction of sp³-hybridized carbons (Fsp3) is 0.250. The number of nitrogens with one attached hydrogen (secondary N) is 1. The minimum Gasteiger partial charge on any atom is -0.497 e. The van der Waals surface area contributed by atoms with Gasteiger partial charge in [-0.1, -0.05) is 42.1 Å². The third-order valence-electron chi connectivity index (χ3n) is 5.63. The van der Waals surface area contributed by atoms with E-state index in [2.05, 4.69) is 5.32 Å². The number of carbonyl (C=O) groups is 2. The Bertz CT molecular complexity index is 1200. The van der Waals surface area contributed by atoms with Crippen molar-refractivity contribution in [2.75, 3.05) is 25.6 Å². The summed E-state index contributed by atoms with van der Waals surface area (Å²) in [6.07, 6.45) is 0.794. The molecular weight excluding hydrogens is 474 g/mol. The second kappa shape index (κ2) is 12.3. The summed E-state index contributed by atoms with van der Waals surface area (Å²) in [5.41, 5.74) is 2.47. The number of amidine groups is 1. The number of nitrogens with zero attached hydrogens (tertiary/aromatic N) is 2. The molecule has 1 fully saturated rings. The van der Waals surface area contributed by atoms with E-state index >= 15 is 0 Å². The summed E-state index contributed by atoms with van der Waals surface area (Å²) >= 11 is 1.31. The molecule has 0 spiro atoms. The molecule has 186 valence electrons. The summed E-state index contributed by atoms with van der Waals surface area (Å²) in [4.78, 5) is 32.7. The van der Waals surface area contributed by atoms with Gasteiger partial charge in [0.25, 0.3) is 0 Å². The number of amides is 2. The van der Waals surface area contributed by atoms with Crippen LogP contribution in [0.4, 0.5) is 11.4 Å². The van der Waals surface area contributed by atoms with Crippen LogP contribution in [-0.4, -0.2) is 47.4 Å². The number of hydrogen-bond acceptors (Lipinski definition) is 6. The molecule has 0 radical (unpaired) electrons. The molecule has 0 unspecified atom stereocenters. The van der Waals surface area contributed by atoms with Crippen LogP contribution in [0.2, 0.25) is 0 Å². The molecular formula is C28H29N3O4S. The predicted molar refractivity (Wildman–Crippen MR) is 144 cm³/mol. The van der Waals surface area contributed by atoms with Gasteiger partial charge in [-0.05, 0) is 67.4 Å². The highest BCUT2D eigenvalue weighted by Gasteiger charge is 2.35. The van der Waals surface area contributed by atoms with E-state index in [1.165, 1.54) is 11.8 Å². The zero-order chi connectivity index (χ0) is 25.3. The Morgan fingerprint density at radius 2 is 1.72 bits per heavy atom. The van der Waals surface area contributed by atoms with Crippen molar-refractivity contribution >= 4 is 40.1 Å². The van der Waals surface area contributed by atoms with Gasteiger partial charge in [-0.2, -0.15) is 0 Å². The second-order valence-corrected chi connectivity index (χ2v) is 9.30. The second-order valence-electron chi connectivity index (χ2n) is 8.13. The van der Waals surface area contributed by atoms with Crippen molar-refractivity contribution in [3.63, 3.8) is 0 Å². The maximum atomic E-state index is 13.2. The minimum atomic E-state index is -0.589. The fourth-order valence-corrected chi connectivity index (χ4v) is 4.86. The Labute approximate surface area is 215 Å². The van der Waals surface area contributed by atoms with Crippen molar-refractivity contribution in [3.05, 3.63) is 84.4 Å². The zero-order valence-electron chi connectivity index (χ0n) is 20.3. The first-order chi connectivity index (χ1) is 17.6. The minimum absolute atomic E-state index is 0.101. The number of anilines is 1. The fourth-order valence-electron chi connectivity index (χ4n) is 3.74. The Morgan fingerprint density at radius 1 is 1.03 bits per heavy atom. The molecule has 0 saturated carbocycles. The molecule has 0 aliphatic carbocycles. The third-order valence-corrected chi connectivity index (χ3v) is 6.82. The zero-order valence-corrected chi connectivity index (χ0v) is 21.2. The molecule has 1 saturated heterocycles. The van der Waals surface area contributed by atoms with Crippen molar-refractivity contribution in [3.8, 4) is 11.5 Å². The standard InChI is InChI=1S/C28H29N3O4S/c1-3-35-24-15-11-22(12-16-24)30-28-31(18-17-20-7-5-4-6-8-20)26(32)19-25(36-28)27(33)29-21-9-13-23(34-2)14-10-21/h4-16,25H,3,17-19H2,1-2H3,(H,29,33)/t25-/m0/s1. The van der Waals surface area contributed by atoms with Gasteiger partial charge in [-0.15, -0.1) is 0 Å². The van der Waals surface area contributed by atoms with Gasteiger partial charge in [0.2, 0.25) is 11.8 Å². The van der Waals surface area contributed by atoms with Gasteiger partial charge >= 0.3 is 0 Å². The van der Waals surface area contributed by atoms with Crippen molar-refractivity contribution in [2.24, 2.45) is 4.99 Å². The van der Waals surface area contributed by atoms with E-state index in [4.69, 9.17) is 14.5 Å². The summed E-state index contributed by atoms with van der Waals surface area (Å²) in [7, 11) is 1.59. The van der Waals surface area contributed by atoms with Crippen LogP contribution in [-0.2, 0) is 16.0 Å². The predicted octanol–water partition coefficient (Wildman–Crippen LogP) is 5.30. The lowest BCUT2D eigenvalue weighted by atomic mass is 10.1. The van der Waals surface area contributed by atoms with Crippen molar-refractivity contribution in [2.45, 2.75) is 25.0 Å². The molecule has 1 heterocycles. The van der Waals surface area contributed by atoms with E-state index in [9.17, 15) is 9.59 Å². The number of hydrogen-bond donors (Lipinski definition) is 1. The summed E-state index contributed by atoms with van der Waals surface area (Å²) < 4.78 is 10.7. The molecule has 36 heavy (non-hydrogen) atoms. The first-order valence-electron chi connectivity index (χ1n) is 11.8. The summed E-state index contributed by atoms with van der Waals surface area (Å²) in [6.45, 7) is 3.00. The number of rotatable bonds is 9. The maximum Gasteiger partial charge on any atom is 0.238 e. The molecule has 0 bridgehead atoms. The molecule has 1 atom stereocenters. The third kappa shape index (κ3) is 6.66. The van der Waals surface area contributed by atoms with Crippen molar-refractivity contribution < 1.29 is 19.1 Å². The highest BCUT2D eigenvalue weighted by Crippen LogP contribution is 2.31. The molecule has 3 aromatic carbocycles. The highest BCUT2D eigenvalue weighted by molar-refractivity contribution is 8.15. The molecule has 1 aliphatic rings. The molecule has 0 aromatic heterocycles. The van der Waals surface area contributed by atoms with Crippen LogP contribution in [0.15, 0.2) is 83.9 Å². The van der Waals surface area contributed by atoms with Gasteiger partial charge in [0, 0.05) is 18.7 Å².